The van der Waals surface area contributed by atoms with E-state index in [4.69, 9.17) is 15.7 Å². The molecule has 2 atom stereocenters. The number of ether oxygens (including phenoxy) is 1. The maximum Gasteiger partial charge on any atom is 0.170 e. The van der Waals surface area contributed by atoms with E-state index in [2.05, 4.69) is 12.1 Å². The molecule has 1 aliphatic carbocycles. The fourth-order valence-electron chi connectivity index (χ4n) is 2.62. The quantitative estimate of drug-likeness (QED) is 0.381. The lowest BCUT2D eigenvalue weighted by molar-refractivity contribution is 0.102. The fourth-order valence-corrected chi connectivity index (χ4v) is 2.62. The van der Waals surface area contributed by atoms with Gasteiger partial charge in [-0.3, -0.25) is 0 Å². The lowest BCUT2D eigenvalue weighted by Crippen LogP contribution is -2.28. The van der Waals surface area contributed by atoms with E-state index in [9.17, 15) is 0 Å². The van der Waals surface area contributed by atoms with Crippen LogP contribution in [0.25, 0.3) is 0 Å². The van der Waals surface area contributed by atoms with E-state index in [0.717, 1.165) is 17.7 Å². The number of oxime groups is 1. The molecule has 0 bridgehead atoms. The number of hydrogen-bond donors (Lipinski definition) is 2. The van der Waals surface area contributed by atoms with Crippen molar-refractivity contribution in [2.75, 3.05) is 0 Å². The summed E-state index contributed by atoms with van der Waals surface area (Å²) in [6, 6.07) is 5.62. The molecule has 0 heterocycles. The van der Waals surface area contributed by atoms with Gasteiger partial charge in [0.15, 0.2) is 5.84 Å². The minimum absolute atomic E-state index is 0.126. The Morgan fingerprint density at radius 1 is 1.37 bits per heavy atom. The van der Waals surface area contributed by atoms with Crippen molar-refractivity contribution in [3.8, 4) is 5.75 Å². The highest BCUT2D eigenvalue weighted by molar-refractivity contribution is 5.97. The number of hydrogen-bond acceptors (Lipinski definition) is 3. The van der Waals surface area contributed by atoms with Crippen molar-refractivity contribution in [2.24, 2.45) is 16.8 Å². The summed E-state index contributed by atoms with van der Waals surface area (Å²) in [5, 5.41) is 11.7. The zero-order valence-corrected chi connectivity index (χ0v) is 11.6. The zero-order chi connectivity index (χ0) is 13.8. The van der Waals surface area contributed by atoms with E-state index in [-0.39, 0.29) is 5.84 Å². The molecule has 4 nitrogen and oxygen atoms in total. The van der Waals surface area contributed by atoms with E-state index in [1.54, 1.807) is 0 Å². The van der Waals surface area contributed by atoms with Gasteiger partial charge in [0.2, 0.25) is 0 Å². The first kappa shape index (κ1) is 13.7. The molecule has 1 saturated carbocycles. The minimum atomic E-state index is 0.126. The predicted molar refractivity (Wildman–Crippen MR) is 75.7 cm³/mol. The average molecular weight is 262 g/mol. The molecule has 0 saturated heterocycles. The molecule has 1 aliphatic rings. The van der Waals surface area contributed by atoms with Crippen LogP contribution < -0.4 is 10.5 Å². The second-order valence-corrected chi connectivity index (χ2v) is 5.38. The normalized spacial score (nSPS) is 24.2. The van der Waals surface area contributed by atoms with Crippen molar-refractivity contribution in [2.45, 2.75) is 45.6 Å². The monoisotopic (exact) mass is 262 g/mol. The number of aryl methyl sites for hydroxylation is 1. The van der Waals surface area contributed by atoms with Crippen LogP contribution in [-0.2, 0) is 0 Å². The summed E-state index contributed by atoms with van der Waals surface area (Å²) in [5.41, 5.74) is 7.31. The van der Waals surface area contributed by atoms with Crippen LogP contribution in [0.2, 0.25) is 0 Å². The number of nitrogens with two attached hydrogens (primary N) is 1. The van der Waals surface area contributed by atoms with Gasteiger partial charge in [-0.1, -0.05) is 18.5 Å². The molecule has 0 spiro atoms. The van der Waals surface area contributed by atoms with Crippen molar-refractivity contribution in [1.82, 2.24) is 0 Å². The van der Waals surface area contributed by atoms with Crippen molar-refractivity contribution < 1.29 is 9.94 Å². The van der Waals surface area contributed by atoms with E-state index < -0.39 is 0 Å². The Morgan fingerprint density at radius 3 is 2.74 bits per heavy atom. The Morgan fingerprint density at radius 2 is 2.11 bits per heavy atom. The molecule has 19 heavy (non-hydrogen) atoms. The lowest BCUT2D eigenvalue weighted by atomic mass is 9.88. The van der Waals surface area contributed by atoms with Crippen LogP contribution in [0.1, 0.15) is 43.7 Å². The van der Waals surface area contributed by atoms with Crippen LogP contribution in [-0.4, -0.2) is 17.1 Å². The number of amidine groups is 1. The third-order valence-corrected chi connectivity index (χ3v) is 3.89. The Bertz CT molecular complexity index is 471. The summed E-state index contributed by atoms with van der Waals surface area (Å²) < 4.78 is 6.12. The van der Waals surface area contributed by atoms with Gasteiger partial charge in [-0.2, -0.15) is 0 Å². The molecule has 1 fully saturated rings. The van der Waals surface area contributed by atoms with Gasteiger partial charge in [0.05, 0.1) is 0 Å². The third-order valence-electron chi connectivity index (χ3n) is 3.89. The molecule has 0 radical (unpaired) electrons. The van der Waals surface area contributed by atoms with Crippen LogP contribution in [0.15, 0.2) is 23.4 Å². The van der Waals surface area contributed by atoms with Gasteiger partial charge in [0.1, 0.15) is 11.9 Å². The van der Waals surface area contributed by atoms with Crippen molar-refractivity contribution in [1.29, 1.82) is 0 Å². The maximum absolute atomic E-state index is 8.68. The Hall–Kier alpha value is -1.71. The first-order valence-electron chi connectivity index (χ1n) is 6.87. The van der Waals surface area contributed by atoms with E-state index in [1.165, 1.54) is 19.3 Å². The molecule has 4 heteroatoms. The molecule has 1 aromatic carbocycles. The molecule has 3 N–H and O–H groups in total. The fraction of sp³-hybridized carbons (Fsp3) is 0.533. The first-order chi connectivity index (χ1) is 9.11. The topological polar surface area (TPSA) is 67.8 Å². The molecule has 104 valence electrons. The molecule has 0 aromatic heterocycles. The summed E-state index contributed by atoms with van der Waals surface area (Å²) in [5.74, 6) is 1.63. The molecule has 2 unspecified atom stereocenters. The van der Waals surface area contributed by atoms with E-state index >= 15 is 0 Å². The van der Waals surface area contributed by atoms with Gasteiger partial charge in [0, 0.05) is 5.56 Å². The largest absolute Gasteiger partial charge is 0.490 e. The van der Waals surface area contributed by atoms with Gasteiger partial charge in [-0.25, -0.2) is 0 Å². The Kier molecular flexibility index (Phi) is 4.30. The van der Waals surface area contributed by atoms with E-state index in [0.29, 0.717) is 17.6 Å². The molecule has 1 aromatic rings. The highest BCUT2D eigenvalue weighted by atomic mass is 16.5. The summed E-state index contributed by atoms with van der Waals surface area (Å²) in [7, 11) is 0. The molecule has 2 rings (SSSR count). The number of rotatable bonds is 3. The summed E-state index contributed by atoms with van der Waals surface area (Å²) in [4.78, 5) is 0. The van der Waals surface area contributed by atoms with Gasteiger partial charge in [-0.15, -0.1) is 0 Å². The predicted octanol–water partition coefficient (Wildman–Crippen LogP) is 3.05. The maximum atomic E-state index is 8.68. The van der Waals surface area contributed by atoms with Crippen LogP contribution in [0.3, 0.4) is 0 Å². The highest BCUT2D eigenvalue weighted by Gasteiger charge is 2.23. The lowest BCUT2D eigenvalue weighted by Gasteiger charge is -2.30. The average Bonchev–Trinajstić information content (AvgIpc) is 2.42. The third kappa shape index (κ3) is 3.19. The smallest absolute Gasteiger partial charge is 0.170 e. The summed E-state index contributed by atoms with van der Waals surface area (Å²) in [6.07, 6.45) is 5.23. The zero-order valence-electron chi connectivity index (χ0n) is 11.6. The molecule has 0 aliphatic heterocycles. The van der Waals surface area contributed by atoms with Crippen LogP contribution >= 0.6 is 0 Å². The second-order valence-electron chi connectivity index (χ2n) is 5.38. The van der Waals surface area contributed by atoms with E-state index in [1.807, 2.05) is 25.1 Å². The standard InChI is InChI=1S/C15H22N2O2/c1-10-5-3-4-6-13(10)19-14-8-7-12(9-11(14)2)15(16)17-18/h7-10,13,18H,3-6H2,1-2H3,(H2,16,17). The summed E-state index contributed by atoms with van der Waals surface area (Å²) in [6.45, 7) is 4.24. The first-order valence-corrected chi connectivity index (χ1v) is 6.87. The van der Waals surface area contributed by atoms with Gasteiger partial charge < -0.3 is 15.7 Å². The number of benzene rings is 1. The highest BCUT2D eigenvalue weighted by Crippen LogP contribution is 2.29. The van der Waals surface area contributed by atoms with Crippen LogP contribution in [0.5, 0.6) is 5.75 Å². The minimum Gasteiger partial charge on any atom is -0.490 e. The van der Waals surface area contributed by atoms with Crippen molar-refractivity contribution >= 4 is 5.84 Å². The Labute approximate surface area is 114 Å². The molecule has 0 amide bonds. The van der Waals surface area contributed by atoms with Gasteiger partial charge >= 0.3 is 0 Å². The van der Waals surface area contributed by atoms with Crippen molar-refractivity contribution in [3.05, 3.63) is 29.3 Å². The van der Waals surface area contributed by atoms with Crippen LogP contribution in [0.4, 0.5) is 0 Å². The van der Waals surface area contributed by atoms with Crippen molar-refractivity contribution in [3.63, 3.8) is 0 Å². The summed E-state index contributed by atoms with van der Waals surface area (Å²) >= 11 is 0. The molecular formula is C15H22N2O2. The Balaban J connectivity index is 2.12. The molecular weight excluding hydrogens is 240 g/mol. The SMILES string of the molecule is Cc1cc(/C(N)=N/O)ccc1OC1CCCCC1C. The van der Waals surface area contributed by atoms with Gasteiger partial charge in [0.25, 0.3) is 0 Å². The number of nitrogens with zero attached hydrogens (tertiary/aromatic N) is 1. The van der Waals surface area contributed by atoms with Crippen LogP contribution in [0, 0.1) is 12.8 Å². The second kappa shape index (κ2) is 5.95. The van der Waals surface area contributed by atoms with Gasteiger partial charge in [-0.05, 0) is 55.9 Å².